The Bertz CT molecular complexity index is 594. The van der Waals surface area contributed by atoms with Crippen LogP contribution in [0.4, 0.5) is 5.69 Å². The standard InChI is InChI=1S/C12H12N2O4S2/c13-7-3-5-20-9(7)6-8-11(17)14(12(19)18-8)4-1-2-10(15)16/h3,5-6H,1-2,4,13H2,(H,15,16)/b8-6+. The summed E-state index contributed by atoms with van der Waals surface area (Å²) in [5, 5.41) is 10.4. The van der Waals surface area contributed by atoms with Crippen molar-refractivity contribution in [3.05, 3.63) is 22.1 Å². The van der Waals surface area contributed by atoms with Gasteiger partial charge in [0.05, 0.1) is 4.88 Å². The fraction of sp³-hybridized carbons (Fsp3) is 0.250. The SMILES string of the molecule is Nc1ccsc1/C=C1/OC(=S)N(CCCC(=O)O)C1=O. The Morgan fingerprint density at radius 2 is 2.35 bits per heavy atom. The van der Waals surface area contributed by atoms with Crippen molar-refractivity contribution in [2.75, 3.05) is 12.3 Å². The van der Waals surface area contributed by atoms with E-state index in [0.717, 1.165) is 4.88 Å². The number of amides is 1. The zero-order valence-electron chi connectivity index (χ0n) is 10.4. The van der Waals surface area contributed by atoms with Crippen LogP contribution in [0.3, 0.4) is 0 Å². The molecule has 0 aliphatic carbocycles. The molecule has 20 heavy (non-hydrogen) atoms. The molecule has 3 N–H and O–H groups in total. The molecule has 0 bridgehead atoms. The van der Waals surface area contributed by atoms with Crippen LogP contribution in [0.25, 0.3) is 6.08 Å². The van der Waals surface area contributed by atoms with E-state index < -0.39 is 5.97 Å². The minimum Gasteiger partial charge on any atom is -0.481 e. The average Bonchev–Trinajstić information content (AvgIpc) is 2.88. The third-order valence-corrected chi connectivity index (χ3v) is 3.82. The minimum absolute atomic E-state index is 0.0245. The van der Waals surface area contributed by atoms with Crippen LogP contribution in [0.2, 0.25) is 0 Å². The fourth-order valence-electron chi connectivity index (χ4n) is 1.65. The molecule has 1 aromatic rings. The van der Waals surface area contributed by atoms with Gasteiger partial charge in [-0.3, -0.25) is 14.5 Å². The molecule has 0 saturated carbocycles. The summed E-state index contributed by atoms with van der Waals surface area (Å²) in [5.74, 6) is -1.17. The van der Waals surface area contributed by atoms with Crippen molar-refractivity contribution in [1.82, 2.24) is 4.90 Å². The number of carbonyl (C=O) groups is 2. The predicted octanol–water partition coefficient (Wildman–Crippen LogP) is 1.68. The minimum atomic E-state index is -0.911. The third-order valence-electron chi connectivity index (χ3n) is 2.64. The average molecular weight is 312 g/mol. The van der Waals surface area contributed by atoms with Crippen molar-refractivity contribution < 1.29 is 19.4 Å². The molecule has 1 amide bonds. The number of carboxylic acids is 1. The first-order chi connectivity index (χ1) is 9.49. The number of carbonyl (C=O) groups excluding carboxylic acids is 1. The number of nitrogen functional groups attached to an aromatic ring is 1. The third kappa shape index (κ3) is 3.14. The zero-order chi connectivity index (χ0) is 14.7. The quantitative estimate of drug-likeness (QED) is 0.635. The molecule has 1 aromatic heterocycles. The number of nitrogens with two attached hydrogens (primary N) is 1. The molecular formula is C12H12N2O4S2. The Kier molecular flexibility index (Phi) is 4.35. The molecular weight excluding hydrogens is 300 g/mol. The molecule has 0 radical (unpaired) electrons. The molecule has 2 heterocycles. The Balaban J connectivity index is 2.07. The van der Waals surface area contributed by atoms with Gasteiger partial charge in [-0.05, 0) is 30.1 Å². The van der Waals surface area contributed by atoms with E-state index in [9.17, 15) is 9.59 Å². The molecule has 0 atom stereocenters. The predicted molar refractivity (Wildman–Crippen MR) is 79.0 cm³/mol. The summed E-state index contributed by atoms with van der Waals surface area (Å²) in [6.45, 7) is 0.223. The van der Waals surface area contributed by atoms with Crippen molar-refractivity contribution in [3.8, 4) is 0 Å². The van der Waals surface area contributed by atoms with E-state index in [1.54, 1.807) is 12.1 Å². The van der Waals surface area contributed by atoms with Crippen LogP contribution in [-0.2, 0) is 14.3 Å². The first-order valence-electron chi connectivity index (χ1n) is 5.79. The molecule has 1 saturated heterocycles. The van der Waals surface area contributed by atoms with Gasteiger partial charge in [-0.1, -0.05) is 0 Å². The van der Waals surface area contributed by atoms with Gasteiger partial charge in [0, 0.05) is 24.7 Å². The maximum atomic E-state index is 12.1. The van der Waals surface area contributed by atoms with Gasteiger partial charge >= 0.3 is 5.97 Å². The number of carboxylic acid groups (broad SMARTS) is 1. The first kappa shape index (κ1) is 14.5. The van der Waals surface area contributed by atoms with Crippen molar-refractivity contribution in [2.45, 2.75) is 12.8 Å². The summed E-state index contributed by atoms with van der Waals surface area (Å²) < 4.78 is 5.24. The maximum Gasteiger partial charge on any atom is 0.303 e. The Morgan fingerprint density at radius 1 is 1.60 bits per heavy atom. The number of hydrogen-bond donors (Lipinski definition) is 2. The largest absolute Gasteiger partial charge is 0.481 e. The van der Waals surface area contributed by atoms with Crippen LogP contribution >= 0.6 is 23.6 Å². The smallest absolute Gasteiger partial charge is 0.303 e. The zero-order valence-corrected chi connectivity index (χ0v) is 12.0. The highest BCUT2D eigenvalue weighted by Gasteiger charge is 2.33. The van der Waals surface area contributed by atoms with E-state index in [2.05, 4.69) is 0 Å². The van der Waals surface area contributed by atoms with Crippen LogP contribution in [0.1, 0.15) is 17.7 Å². The lowest BCUT2D eigenvalue weighted by molar-refractivity contribution is -0.137. The summed E-state index contributed by atoms with van der Waals surface area (Å²) in [6.07, 6.45) is 1.84. The van der Waals surface area contributed by atoms with Crippen LogP contribution < -0.4 is 5.73 Å². The number of rotatable bonds is 5. The van der Waals surface area contributed by atoms with E-state index in [-0.39, 0.29) is 29.8 Å². The van der Waals surface area contributed by atoms with E-state index in [1.165, 1.54) is 16.2 Å². The number of aliphatic carboxylic acids is 1. The second-order valence-electron chi connectivity index (χ2n) is 4.07. The lowest BCUT2D eigenvalue weighted by Gasteiger charge is -2.10. The Labute approximate surface area is 124 Å². The van der Waals surface area contributed by atoms with Gasteiger partial charge in [0.2, 0.25) is 0 Å². The Hall–Kier alpha value is -1.93. The van der Waals surface area contributed by atoms with Gasteiger partial charge in [-0.15, -0.1) is 11.3 Å². The molecule has 6 nitrogen and oxygen atoms in total. The second-order valence-corrected chi connectivity index (χ2v) is 5.37. The molecule has 0 unspecified atom stereocenters. The van der Waals surface area contributed by atoms with Gasteiger partial charge in [-0.2, -0.15) is 0 Å². The van der Waals surface area contributed by atoms with Crippen LogP contribution in [0.15, 0.2) is 17.2 Å². The normalized spacial score (nSPS) is 16.8. The van der Waals surface area contributed by atoms with Crippen LogP contribution in [0, 0.1) is 0 Å². The number of ether oxygens (including phenoxy) is 1. The molecule has 2 rings (SSSR count). The van der Waals surface area contributed by atoms with Crippen molar-refractivity contribution in [1.29, 1.82) is 0 Å². The van der Waals surface area contributed by atoms with Gasteiger partial charge in [0.15, 0.2) is 5.76 Å². The lowest BCUT2D eigenvalue weighted by atomic mass is 10.3. The number of thiocarbonyl (C=S) groups is 1. The summed E-state index contributed by atoms with van der Waals surface area (Å²) in [7, 11) is 0. The lowest BCUT2D eigenvalue weighted by Crippen LogP contribution is -2.29. The van der Waals surface area contributed by atoms with Gasteiger partial charge < -0.3 is 15.6 Å². The van der Waals surface area contributed by atoms with Gasteiger partial charge in [0.25, 0.3) is 11.1 Å². The van der Waals surface area contributed by atoms with Crippen molar-refractivity contribution in [3.63, 3.8) is 0 Å². The van der Waals surface area contributed by atoms with Crippen molar-refractivity contribution >= 4 is 52.4 Å². The number of thiophene rings is 1. The molecule has 1 aliphatic heterocycles. The molecule has 0 spiro atoms. The van der Waals surface area contributed by atoms with Crippen LogP contribution in [0.5, 0.6) is 0 Å². The maximum absolute atomic E-state index is 12.1. The fourth-order valence-corrected chi connectivity index (χ4v) is 2.65. The van der Waals surface area contributed by atoms with Gasteiger partial charge in [-0.25, -0.2) is 0 Å². The molecule has 1 fully saturated rings. The van der Waals surface area contributed by atoms with E-state index in [4.69, 9.17) is 27.8 Å². The number of nitrogens with zero attached hydrogens (tertiary/aromatic N) is 1. The van der Waals surface area contributed by atoms with Crippen molar-refractivity contribution in [2.24, 2.45) is 0 Å². The summed E-state index contributed by atoms with van der Waals surface area (Å²) >= 11 is 6.36. The topological polar surface area (TPSA) is 92.9 Å². The highest BCUT2D eigenvalue weighted by molar-refractivity contribution is 7.80. The number of hydrogen-bond acceptors (Lipinski definition) is 6. The second kappa shape index (κ2) is 6.02. The molecule has 8 heteroatoms. The molecule has 106 valence electrons. The monoisotopic (exact) mass is 312 g/mol. The summed E-state index contributed by atoms with van der Waals surface area (Å²) in [6, 6.07) is 1.74. The first-order valence-corrected chi connectivity index (χ1v) is 7.08. The summed E-state index contributed by atoms with van der Waals surface area (Å²) in [5.41, 5.74) is 6.30. The highest BCUT2D eigenvalue weighted by Crippen LogP contribution is 2.26. The van der Waals surface area contributed by atoms with E-state index >= 15 is 0 Å². The number of anilines is 1. The summed E-state index contributed by atoms with van der Waals surface area (Å²) in [4.78, 5) is 24.5. The molecule has 0 aromatic carbocycles. The van der Waals surface area contributed by atoms with Crippen LogP contribution in [-0.4, -0.2) is 33.6 Å². The molecule has 1 aliphatic rings. The van der Waals surface area contributed by atoms with E-state index in [0.29, 0.717) is 12.1 Å². The van der Waals surface area contributed by atoms with E-state index in [1.807, 2.05) is 5.38 Å². The Morgan fingerprint density at radius 3 is 2.95 bits per heavy atom. The van der Waals surface area contributed by atoms with Gasteiger partial charge in [0.1, 0.15) is 0 Å². The highest BCUT2D eigenvalue weighted by atomic mass is 32.1.